The lowest BCUT2D eigenvalue weighted by Gasteiger charge is -2.15. The van der Waals surface area contributed by atoms with Crippen LogP contribution in [-0.4, -0.2) is 15.6 Å². The van der Waals surface area contributed by atoms with Crippen LogP contribution >= 0.6 is 0 Å². The highest BCUT2D eigenvalue weighted by Gasteiger charge is 2.22. The van der Waals surface area contributed by atoms with Crippen LogP contribution in [0.3, 0.4) is 0 Å². The molecular formula is C18H16FNO2. The fraction of sp³-hybridized carbons (Fsp3) is 0.167. The van der Waals surface area contributed by atoms with E-state index in [1.807, 2.05) is 42.1 Å². The fourth-order valence-corrected chi connectivity index (χ4v) is 2.96. The zero-order valence-corrected chi connectivity index (χ0v) is 12.2. The zero-order chi connectivity index (χ0) is 15.7. The van der Waals surface area contributed by atoms with Gasteiger partial charge in [-0.05, 0) is 29.3 Å². The third-order valence-corrected chi connectivity index (χ3v) is 3.93. The van der Waals surface area contributed by atoms with Gasteiger partial charge < -0.3 is 9.67 Å². The topological polar surface area (TPSA) is 42.2 Å². The molecule has 0 radical (unpaired) electrons. The van der Waals surface area contributed by atoms with Crippen molar-refractivity contribution >= 4 is 16.9 Å². The first-order valence-electron chi connectivity index (χ1n) is 7.07. The maximum absolute atomic E-state index is 13.5. The van der Waals surface area contributed by atoms with Gasteiger partial charge in [0.05, 0.1) is 6.42 Å². The Morgan fingerprint density at radius 1 is 1.23 bits per heavy atom. The molecule has 3 rings (SSSR count). The lowest BCUT2D eigenvalue weighted by molar-refractivity contribution is -0.137. The molecule has 1 unspecified atom stereocenters. The first kappa shape index (κ1) is 14.3. The number of hydrogen-bond donors (Lipinski definition) is 1. The molecule has 1 heterocycles. The van der Waals surface area contributed by atoms with Crippen LogP contribution in [0.15, 0.2) is 54.7 Å². The third kappa shape index (κ3) is 2.60. The number of carboxylic acids is 1. The van der Waals surface area contributed by atoms with Gasteiger partial charge in [0, 0.05) is 30.1 Å². The minimum Gasteiger partial charge on any atom is -0.481 e. The Labute approximate surface area is 127 Å². The molecule has 112 valence electrons. The summed E-state index contributed by atoms with van der Waals surface area (Å²) < 4.78 is 15.5. The molecule has 2 aromatic carbocycles. The molecule has 22 heavy (non-hydrogen) atoms. The monoisotopic (exact) mass is 297 g/mol. The van der Waals surface area contributed by atoms with Crippen molar-refractivity contribution in [3.63, 3.8) is 0 Å². The molecule has 0 aliphatic heterocycles. The van der Waals surface area contributed by atoms with Gasteiger partial charge in [0.2, 0.25) is 0 Å². The summed E-state index contributed by atoms with van der Waals surface area (Å²) in [5.74, 6) is -1.63. The van der Waals surface area contributed by atoms with E-state index in [2.05, 4.69) is 0 Å². The number of benzene rings is 2. The number of para-hydroxylation sites is 1. The summed E-state index contributed by atoms with van der Waals surface area (Å²) in [5, 5.41) is 10.3. The quantitative estimate of drug-likeness (QED) is 0.793. The Balaban J connectivity index is 2.18. The predicted octanol–water partition coefficient (Wildman–Crippen LogP) is 3.92. The summed E-state index contributed by atoms with van der Waals surface area (Å²) in [5.41, 5.74) is 2.62. The normalized spacial score (nSPS) is 12.5. The maximum Gasteiger partial charge on any atom is 0.304 e. The number of rotatable bonds is 4. The second-order valence-corrected chi connectivity index (χ2v) is 5.42. The molecule has 3 aromatic rings. The van der Waals surface area contributed by atoms with E-state index in [0.717, 1.165) is 16.5 Å². The lowest BCUT2D eigenvalue weighted by Crippen LogP contribution is -2.08. The van der Waals surface area contributed by atoms with Crippen molar-refractivity contribution < 1.29 is 14.3 Å². The van der Waals surface area contributed by atoms with Crippen molar-refractivity contribution in [2.75, 3.05) is 0 Å². The SMILES string of the molecule is Cn1cc(C(CC(=O)O)c2cccc(F)c2)c2ccccc21. The molecule has 4 heteroatoms. The average Bonchev–Trinajstić information content (AvgIpc) is 2.82. The van der Waals surface area contributed by atoms with Gasteiger partial charge in [-0.15, -0.1) is 0 Å². The highest BCUT2D eigenvalue weighted by atomic mass is 19.1. The minimum atomic E-state index is -0.901. The van der Waals surface area contributed by atoms with Crippen LogP contribution in [0.2, 0.25) is 0 Å². The Bertz CT molecular complexity index is 838. The number of carbonyl (C=O) groups is 1. The smallest absolute Gasteiger partial charge is 0.304 e. The maximum atomic E-state index is 13.5. The van der Waals surface area contributed by atoms with Crippen LogP contribution in [0.4, 0.5) is 4.39 Å². The number of fused-ring (bicyclic) bond motifs is 1. The molecule has 0 saturated heterocycles. The van der Waals surface area contributed by atoms with Crippen LogP contribution in [0.1, 0.15) is 23.5 Å². The van der Waals surface area contributed by atoms with Gasteiger partial charge in [-0.2, -0.15) is 0 Å². The van der Waals surface area contributed by atoms with Crippen molar-refractivity contribution in [3.05, 3.63) is 71.7 Å². The Hall–Kier alpha value is -2.62. The molecule has 1 N–H and O–H groups in total. The van der Waals surface area contributed by atoms with E-state index in [9.17, 15) is 14.3 Å². The molecule has 0 saturated carbocycles. The van der Waals surface area contributed by atoms with Gasteiger partial charge in [0.1, 0.15) is 5.82 Å². The van der Waals surface area contributed by atoms with Crippen LogP contribution in [0.5, 0.6) is 0 Å². The number of aryl methyl sites for hydroxylation is 1. The second-order valence-electron chi connectivity index (χ2n) is 5.42. The molecule has 0 aliphatic carbocycles. The van der Waals surface area contributed by atoms with E-state index in [1.165, 1.54) is 12.1 Å². The molecule has 0 bridgehead atoms. The van der Waals surface area contributed by atoms with Gasteiger partial charge in [-0.25, -0.2) is 4.39 Å². The van der Waals surface area contributed by atoms with Crippen molar-refractivity contribution in [1.29, 1.82) is 0 Å². The van der Waals surface area contributed by atoms with E-state index in [1.54, 1.807) is 12.1 Å². The van der Waals surface area contributed by atoms with Crippen LogP contribution in [-0.2, 0) is 11.8 Å². The zero-order valence-electron chi connectivity index (χ0n) is 12.2. The van der Waals surface area contributed by atoms with Gasteiger partial charge in [-0.1, -0.05) is 30.3 Å². The van der Waals surface area contributed by atoms with E-state index >= 15 is 0 Å². The summed E-state index contributed by atoms with van der Waals surface area (Å²) in [6, 6.07) is 14.0. The molecule has 0 spiro atoms. The van der Waals surface area contributed by atoms with E-state index in [4.69, 9.17) is 0 Å². The van der Waals surface area contributed by atoms with Crippen molar-refractivity contribution in [2.45, 2.75) is 12.3 Å². The Morgan fingerprint density at radius 3 is 2.73 bits per heavy atom. The summed E-state index contributed by atoms with van der Waals surface area (Å²) in [7, 11) is 1.93. The molecule has 1 atom stereocenters. The first-order valence-corrected chi connectivity index (χ1v) is 7.07. The fourth-order valence-electron chi connectivity index (χ4n) is 2.96. The highest BCUT2D eigenvalue weighted by Crippen LogP contribution is 2.34. The van der Waals surface area contributed by atoms with E-state index in [-0.39, 0.29) is 18.2 Å². The van der Waals surface area contributed by atoms with Crippen LogP contribution < -0.4 is 0 Å². The largest absolute Gasteiger partial charge is 0.481 e. The van der Waals surface area contributed by atoms with Gasteiger partial charge >= 0.3 is 5.97 Å². The summed E-state index contributed by atoms with van der Waals surface area (Å²) in [6.45, 7) is 0. The molecule has 0 aliphatic rings. The number of aliphatic carboxylic acids is 1. The van der Waals surface area contributed by atoms with E-state index < -0.39 is 5.97 Å². The number of carboxylic acid groups (broad SMARTS) is 1. The van der Waals surface area contributed by atoms with Gasteiger partial charge in [0.25, 0.3) is 0 Å². The van der Waals surface area contributed by atoms with Gasteiger partial charge in [-0.3, -0.25) is 4.79 Å². The molecule has 0 fully saturated rings. The Kier molecular flexibility index (Phi) is 3.67. The van der Waals surface area contributed by atoms with Crippen molar-refractivity contribution in [1.82, 2.24) is 4.57 Å². The number of aromatic nitrogens is 1. The number of nitrogens with zero attached hydrogens (tertiary/aromatic N) is 1. The molecule has 3 nitrogen and oxygen atoms in total. The molecule has 1 aromatic heterocycles. The first-order chi connectivity index (χ1) is 10.6. The predicted molar refractivity (Wildman–Crippen MR) is 83.4 cm³/mol. The summed E-state index contributed by atoms with van der Waals surface area (Å²) in [6.07, 6.45) is 1.86. The van der Waals surface area contributed by atoms with E-state index in [0.29, 0.717) is 5.56 Å². The molecular weight excluding hydrogens is 281 g/mol. The minimum absolute atomic E-state index is 0.0720. The standard InChI is InChI=1S/C18H16FNO2/c1-20-11-16(14-7-2-3-8-17(14)20)15(10-18(21)22)12-5-4-6-13(19)9-12/h2-9,11,15H,10H2,1H3,(H,21,22). The Morgan fingerprint density at radius 2 is 2.00 bits per heavy atom. The highest BCUT2D eigenvalue weighted by molar-refractivity contribution is 5.85. The summed E-state index contributed by atoms with van der Waals surface area (Å²) >= 11 is 0. The number of hydrogen-bond acceptors (Lipinski definition) is 1. The summed E-state index contributed by atoms with van der Waals surface area (Å²) in [4.78, 5) is 11.3. The van der Waals surface area contributed by atoms with Crippen molar-refractivity contribution in [2.24, 2.45) is 7.05 Å². The van der Waals surface area contributed by atoms with Crippen LogP contribution in [0, 0.1) is 5.82 Å². The van der Waals surface area contributed by atoms with Gasteiger partial charge in [0.15, 0.2) is 0 Å². The number of halogens is 1. The lowest BCUT2D eigenvalue weighted by atomic mass is 9.88. The second kappa shape index (κ2) is 5.64. The van der Waals surface area contributed by atoms with Crippen LogP contribution in [0.25, 0.3) is 10.9 Å². The third-order valence-electron chi connectivity index (χ3n) is 3.93. The average molecular weight is 297 g/mol. The molecule has 0 amide bonds. The van der Waals surface area contributed by atoms with Crippen molar-refractivity contribution in [3.8, 4) is 0 Å².